The Bertz CT molecular complexity index is 363. The predicted molar refractivity (Wildman–Crippen MR) is 61.9 cm³/mol. The first-order chi connectivity index (χ1) is 7.82. The fourth-order valence-electron chi connectivity index (χ4n) is 2.71. The molecule has 16 heavy (non-hydrogen) atoms. The molecule has 2 N–H and O–H groups in total. The van der Waals surface area contributed by atoms with E-state index in [9.17, 15) is 0 Å². The third-order valence-corrected chi connectivity index (χ3v) is 4.16. The largest absolute Gasteiger partial charge is 0.330 e. The van der Waals surface area contributed by atoms with Crippen LogP contribution in [0.2, 0.25) is 0 Å². The summed E-state index contributed by atoms with van der Waals surface area (Å²) in [5.74, 6) is 0.862. The van der Waals surface area contributed by atoms with Crippen LogP contribution < -0.4 is 5.73 Å². The molecule has 1 heterocycles. The molecule has 0 spiro atoms. The van der Waals surface area contributed by atoms with Gasteiger partial charge < -0.3 is 5.73 Å². The van der Waals surface area contributed by atoms with E-state index in [0.29, 0.717) is 0 Å². The molecule has 2 saturated carbocycles. The molecule has 4 nitrogen and oxygen atoms in total. The molecule has 3 rings (SSSR count). The average Bonchev–Trinajstić information content (AvgIpc) is 2.90. The summed E-state index contributed by atoms with van der Waals surface area (Å²) in [7, 11) is 0. The molecule has 1 aromatic heterocycles. The van der Waals surface area contributed by atoms with Crippen molar-refractivity contribution in [3.63, 3.8) is 0 Å². The van der Waals surface area contributed by atoms with Gasteiger partial charge in [0.05, 0.1) is 5.69 Å². The van der Waals surface area contributed by atoms with Crippen molar-refractivity contribution in [2.24, 2.45) is 11.7 Å². The number of aromatic nitrogens is 3. The Hall–Kier alpha value is -0.900. The average molecular weight is 220 g/mol. The fraction of sp³-hybridized carbons (Fsp3) is 0.833. The molecule has 0 amide bonds. The van der Waals surface area contributed by atoms with Gasteiger partial charge in [-0.15, -0.1) is 5.10 Å². The molecule has 0 aliphatic heterocycles. The number of nitrogens with two attached hydrogens (primary N) is 1. The molecule has 0 aromatic carbocycles. The van der Waals surface area contributed by atoms with Crippen LogP contribution in [0.25, 0.3) is 0 Å². The number of hydrogen-bond donors (Lipinski definition) is 1. The first kappa shape index (κ1) is 10.3. The molecule has 0 atom stereocenters. The SMILES string of the molecule is NCCC1(c2cn(CC3CC3)nn2)CCC1. The molecule has 4 heteroatoms. The minimum Gasteiger partial charge on any atom is -0.330 e. The molecule has 0 saturated heterocycles. The third-order valence-electron chi connectivity index (χ3n) is 4.16. The van der Waals surface area contributed by atoms with Crippen molar-refractivity contribution in [3.8, 4) is 0 Å². The van der Waals surface area contributed by atoms with E-state index in [1.54, 1.807) is 0 Å². The first-order valence-electron chi connectivity index (χ1n) is 6.43. The van der Waals surface area contributed by atoms with Crippen LogP contribution in [0.5, 0.6) is 0 Å². The van der Waals surface area contributed by atoms with Gasteiger partial charge in [-0.1, -0.05) is 11.6 Å². The Kier molecular flexibility index (Phi) is 2.46. The van der Waals surface area contributed by atoms with E-state index >= 15 is 0 Å². The zero-order valence-electron chi connectivity index (χ0n) is 9.73. The van der Waals surface area contributed by atoms with Crippen LogP contribution in [0.15, 0.2) is 6.20 Å². The summed E-state index contributed by atoms with van der Waals surface area (Å²) < 4.78 is 2.03. The van der Waals surface area contributed by atoms with Gasteiger partial charge in [0.2, 0.25) is 0 Å². The quantitative estimate of drug-likeness (QED) is 0.817. The monoisotopic (exact) mass is 220 g/mol. The normalized spacial score (nSPS) is 23.1. The maximum atomic E-state index is 5.70. The summed E-state index contributed by atoms with van der Waals surface area (Å²) >= 11 is 0. The summed E-state index contributed by atoms with van der Waals surface area (Å²) in [6, 6.07) is 0. The van der Waals surface area contributed by atoms with E-state index < -0.39 is 0 Å². The van der Waals surface area contributed by atoms with Crippen LogP contribution in [0.4, 0.5) is 0 Å². The van der Waals surface area contributed by atoms with Crippen LogP contribution in [0.1, 0.15) is 44.2 Å². The van der Waals surface area contributed by atoms with Gasteiger partial charge in [0.25, 0.3) is 0 Å². The number of nitrogens with zero attached hydrogens (tertiary/aromatic N) is 3. The van der Waals surface area contributed by atoms with Crippen LogP contribution in [0, 0.1) is 5.92 Å². The van der Waals surface area contributed by atoms with Crippen LogP contribution in [-0.4, -0.2) is 21.5 Å². The van der Waals surface area contributed by atoms with Gasteiger partial charge in [0.1, 0.15) is 0 Å². The highest BCUT2D eigenvalue weighted by molar-refractivity contribution is 5.16. The molecular formula is C12H20N4. The van der Waals surface area contributed by atoms with Crippen molar-refractivity contribution in [1.29, 1.82) is 0 Å². The molecule has 88 valence electrons. The van der Waals surface area contributed by atoms with Crippen molar-refractivity contribution < 1.29 is 0 Å². The Morgan fingerprint density at radius 2 is 2.25 bits per heavy atom. The zero-order chi connectivity index (χ0) is 11.0. The van der Waals surface area contributed by atoms with Crippen LogP contribution >= 0.6 is 0 Å². The lowest BCUT2D eigenvalue weighted by atomic mass is 9.65. The van der Waals surface area contributed by atoms with Gasteiger partial charge in [-0.25, -0.2) is 0 Å². The smallest absolute Gasteiger partial charge is 0.0889 e. The van der Waals surface area contributed by atoms with Gasteiger partial charge in [0.15, 0.2) is 0 Å². The molecule has 2 aliphatic rings. The van der Waals surface area contributed by atoms with Crippen molar-refractivity contribution in [3.05, 3.63) is 11.9 Å². The van der Waals surface area contributed by atoms with Gasteiger partial charge >= 0.3 is 0 Å². The highest BCUT2D eigenvalue weighted by Crippen LogP contribution is 2.45. The molecule has 0 bridgehead atoms. The topological polar surface area (TPSA) is 56.7 Å². The summed E-state index contributed by atoms with van der Waals surface area (Å²) in [5.41, 5.74) is 7.16. The molecule has 1 aromatic rings. The number of rotatable bonds is 5. The fourth-order valence-corrected chi connectivity index (χ4v) is 2.71. The van der Waals surface area contributed by atoms with Crippen molar-refractivity contribution in [2.45, 2.75) is 50.5 Å². The van der Waals surface area contributed by atoms with Gasteiger partial charge in [0, 0.05) is 18.2 Å². The van der Waals surface area contributed by atoms with E-state index in [0.717, 1.165) is 25.4 Å². The lowest BCUT2D eigenvalue weighted by Crippen LogP contribution is -2.36. The van der Waals surface area contributed by atoms with E-state index in [4.69, 9.17) is 5.73 Å². The second-order valence-corrected chi connectivity index (χ2v) is 5.44. The maximum absolute atomic E-state index is 5.70. The minimum absolute atomic E-state index is 0.274. The van der Waals surface area contributed by atoms with Gasteiger partial charge in [-0.3, -0.25) is 4.68 Å². The van der Waals surface area contributed by atoms with Gasteiger partial charge in [-0.2, -0.15) is 0 Å². The lowest BCUT2D eigenvalue weighted by molar-refractivity contribution is 0.222. The lowest BCUT2D eigenvalue weighted by Gasteiger charge is -2.40. The van der Waals surface area contributed by atoms with Crippen molar-refractivity contribution >= 4 is 0 Å². The van der Waals surface area contributed by atoms with Crippen LogP contribution in [-0.2, 0) is 12.0 Å². The molecule has 2 fully saturated rings. The van der Waals surface area contributed by atoms with Crippen molar-refractivity contribution in [2.75, 3.05) is 6.54 Å². The first-order valence-corrected chi connectivity index (χ1v) is 6.43. The Labute approximate surface area is 96.2 Å². The van der Waals surface area contributed by atoms with Crippen LogP contribution in [0.3, 0.4) is 0 Å². The Balaban J connectivity index is 1.74. The molecule has 2 aliphatic carbocycles. The van der Waals surface area contributed by atoms with E-state index in [1.807, 2.05) is 4.68 Å². The van der Waals surface area contributed by atoms with Crippen molar-refractivity contribution in [1.82, 2.24) is 15.0 Å². The second kappa shape index (κ2) is 3.84. The summed E-state index contributed by atoms with van der Waals surface area (Å²) in [4.78, 5) is 0. The van der Waals surface area contributed by atoms with E-state index in [-0.39, 0.29) is 5.41 Å². The minimum atomic E-state index is 0.274. The van der Waals surface area contributed by atoms with E-state index in [2.05, 4.69) is 16.5 Å². The van der Waals surface area contributed by atoms with E-state index in [1.165, 1.54) is 37.8 Å². The third kappa shape index (κ3) is 1.75. The summed E-state index contributed by atoms with van der Waals surface area (Å²) in [5, 5.41) is 8.62. The Morgan fingerprint density at radius 3 is 2.81 bits per heavy atom. The number of hydrogen-bond acceptors (Lipinski definition) is 3. The standard InChI is InChI=1S/C12H20N4/c13-7-6-12(4-1-5-12)11-9-16(15-14-11)8-10-2-3-10/h9-10H,1-8,13H2. The summed E-state index contributed by atoms with van der Waals surface area (Å²) in [6.45, 7) is 1.82. The highest BCUT2D eigenvalue weighted by Gasteiger charge is 2.40. The zero-order valence-corrected chi connectivity index (χ0v) is 9.73. The summed E-state index contributed by atoms with van der Waals surface area (Å²) in [6.07, 6.45) is 9.75. The molecular weight excluding hydrogens is 200 g/mol. The molecule has 0 radical (unpaired) electrons. The highest BCUT2D eigenvalue weighted by atomic mass is 15.4. The predicted octanol–water partition coefficient (Wildman–Crippen LogP) is 1.46. The Morgan fingerprint density at radius 1 is 1.44 bits per heavy atom. The second-order valence-electron chi connectivity index (χ2n) is 5.44. The van der Waals surface area contributed by atoms with Gasteiger partial charge in [-0.05, 0) is 44.6 Å². The maximum Gasteiger partial charge on any atom is 0.0889 e. The molecule has 0 unspecified atom stereocenters.